The van der Waals surface area contributed by atoms with Gasteiger partial charge in [-0.2, -0.15) is 0 Å². The van der Waals surface area contributed by atoms with Crippen molar-refractivity contribution in [3.63, 3.8) is 0 Å². The summed E-state index contributed by atoms with van der Waals surface area (Å²) in [6.07, 6.45) is 3.93. The number of sulfonamides is 1. The van der Waals surface area contributed by atoms with Crippen LogP contribution in [0.15, 0.2) is 48.5 Å². The van der Waals surface area contributed by atoms with Gasteiger partial charge in [0, 0.05) is 25.0 Å². The third-order valence-corrected chi connectivity index (χ3v) is 9.57. The summed E-state index contributed by atoms with van der Waals surface area (Å²) in [5, 5.41) is 2.89. The van der Waals surface area contributed by atoms with E-state index in [2.05, 4.69) is 11.4 Å². The van der Waals surface area contributed by atoms with E-state index in [9.17, 15) is 18.0 Å². The Morgan fingerprint density at radius 2 is 1.78 bits per heavy atom. The number of hydrogen-bond donors (Lipinski definition) is 1. The molecule has 41 heavy (non-hydrogen) atoms. The second-order valence-electron chi connectivity index (χ2n) is 12.6. The van der Waals surface area contributed by atoms with Gasteiger partial charge in [-0.05, 0) is 82.1 Å². The quantitative estimate of drug-likeness (QED) is 0.564. The first-order valence-corrected chi connectivity index (χ1v) is 16.3. The average molecular weight is 584 g/mol. The molecule has 1 unspecified atom stereocenters. The highest BCUT2D eigenvalue weighted by molar-refractivity contribution is 7.92. The summed E-state index contributed by atoms with van der Waals surface area (Å²) in [4.78, 5) is 28.7. The van der Waals surface area contributed by atoms with Crippen LogP contribution in [0, 0.1) is 5.92 Å². The number of ether oxygens (including phenoxy) is 2. The number of fused-ring (bicyclic) bond motifs is 3. The number of amides is 2. The van der Waals surface area contributed by atoms with Gasteiger partial charge in [-0.25, -0.2) is 13.2 Å². The number of likely N-dealkylation sites (tertiary alicyclic amines) is 1. The topological polar surface area (TPSA) is 105 Å². The molecule has 10 heteroatoms. The Bertz CT molecular complexity index is 1390. The molecular weight excluding hydrogens is 542 g/mol. The second-order valence-corrected chi connectivity index (χ2v) is 14.5. The van der Waals surface area contributed by atoms with Gasteiger partial charge in [0.2, 0.25) is 15.9 Å². The highest BCUT2D eigenvalue weighted by Crippen LogP contribution is 2.48. The van der Waals surface area contributed by atoms with Crippen LogP contribution in [0.5, 0.6) is 5.75 Å². The van der Waals surface area contributed by atoms with Crippen molar-refractivity contribution in [1.82, 2.24) is 10.2 Å². The van der Waals surface area contributed by atoms with Crippen LogP contribution in [0.3, 0.4) is 0 Å². The zero-order chi connectivity index (χ0) is 29.4. The number of carbonyl (C=O) groups excluding carboxylic acids is 2. The number of hydrogen-bond acceptors (Lipinski definition) is 6. The van der Waals surface area contributed by atoms with E-state index >= 15 is 0 Å². The van der Waals surface area contributed by atoms with Gasteiger partial charge in [-0.3, -0.25) is 9.10 Å². The van der Waals surface area contributed by atoms with E-state index in [1.165, 1.54) is 10.6 Å². The van der Waals surface area contributed by atoms with Gasteiger partial charge in [-0.1, -0.05) is 36.4 Å². The van der Waals surface area contributed by atoms with Crippen molar-refractivity contribution in [2.75, 3.05) is 36.8 Å². The molecule has 3 heterocycles. The van der Waals surface area contributed by atoms with Crippen LogP contribution in [0.1, 0.15) is 57.6 Å². The lowest BCUT2D eigenvalue weighted by atomic mass is 9.74. The Labute approximate surface area is 243 Å². The van der Waals surface area contributed by atoms with Crippen molar-refractivity contribution < 1.29 is 27.5 Å². The maximum atomic E-state index is 14.0. The molecule has 0 saturated carbocycles. The molecule has 5 rings (SSSR count). The molecule has 0 aromatic heterocycles. The van der Waals surface area contributed by atoms with Crippen molar-refractivity contribution in [3.05, 3.63) is 59.7 Å². The predicted octanol–water partition coefficient (Wildman–Crippen LogP) is 4.25. The van der Waals surface area contributed by atoms with Crippen LogP contribution in [0.25, 0.3) is 0 Å². The van der Waals surface area contributed by atoms with Crippen molar-refractivity contribution in [2.24, 2.45) is 5.92 Å². The molecular formula is C31H41N3O6S. The average Bonchev–Trinajstić information content (AvgIpc) is 3.08. The number of piperidine rings is 1. The number of benzene rings is 2. The van der Waals surface area contributed by atoms with Crippen molar-refractivity contribution in [2.45, 2.75) is 69.9 Å². The third kappa shape index (κ3) is 6.47. The molecule has 1 fully saturated rings. The fraction of sp³-hybridized carbons (Fsp3) is 0.548. The molecule has 1 saturated heterocycles. The van der Waals surface area contributed by atoms with Gasteiger partial charge < -0.3 is 19.7 Å². The highest BCUT2D eigenvalue weighted by Gasteiger charge is 2.48. The van der Waals surface area contributed by atoms with Crippen LogP contribution >= 0.6 is 0 Å². The highest BCUT2D eigenvalue weighted by atomic mass is 32.2. The smallest absolute Gasteiger partial charge is 0.408 e. The van der Waals surface area contributed by atoms with Crippen LogP contribution in [0.4, 0.5) is 10.5 Å². The van der Waals surface area contributed by atoms with E-state index in [1.807, 2.05) is 47.4 Å². The van der Waals surface area contributed by atoms with Gasteiger partial charge in [0.05, 0.1) is 18.6 Å². The minimum absolute atomic E-state index is 0.129. The Hall–Kier alpha value is -3.27. The molecule has 0 aliphatic carbocycles. The van der Waals surface area contributed by atoms with Crippen LogP contribution < -0.4 is 14.4 Å². The summed E-state index contributed by atoms with van der Waals surface area (Å²) in [5.74, 6) is 0.887. The normalized spacial score (nSPS) is 20.8. The molecule has 1 spiro atoms. The first-order valence-electron chi connectivity index (χ1n) is 14.4. The second kappa shape index (κ2) is 11.2. The summed E-state index contributed by atoms with van der Waals surface area (Å²) in [5.41, 5.74) is 1.83. The number of alkyl carbamates (subject to hydrolysis) is 1. The first-order chi connectivity index (χ1) is 19.3. The van der Waals surface area contributed by atoms with E-state index in [1.54, 1.807) is 20.8 Å². The number of carbonyl (C=O) groups is 2. The molecule has 0 bridgehead atoms. The largest absolute Gasteiger partial charge is 0.493 e. The monoisotopic (exact) mass is 583 g/mol. The molecule has 3 aliphatic rings. The Kier molecular flexibility index (Phi) is 7.98. The SMILES string of the molecule is CC(C)(C)OC(=O)NC(C[C@@H]1CCOc2ccccc2C1)C(=O)N1CCC2(CC1)CN(S(C)(=O)=O)c1ccccc12. The molecule has 2 aromatic carbocycles. The summed E-state index contributed by atoms with van der Waals surface area (Å²) >= 11 is 0. The summed E-state index contributed by atoms with van der Waals surface area (Å²) in [6, 6.07) is 14.9. The molecule has 222 valence electrons. The summed E-state index contributed by atoms with van der Waals surface area (Å²) in [6.45, 7) is 7.29. The van der Waals surface area contributed by atoms with Gasteiger partial charge in [0.1, 0.15) is 17.4 Å². The number of nitrogens with one attached hydrogen (secondary N) is 1. The van der Waals surface area contributed by atoms with Gasteiger partial charge in [0.15, 0.2) is 0 Å². The fourth-order valence-electron chi connectivity index (χ4n) is 6.45. The molecule has 9 nitrogen and oxygen atoms in total. The van der Waals surface area contributed by atoms with Gasteiger partial charge in [0.25, 0.3) is 0 Å². The molecule has 2 amide bonds. The van der Waals surface area contributed by atoms with Crippen LogP contribution in [-0.4, -0.2) is 69.5 Å². The zero-order valence-corrected chi connectivity index (χ0v) is 25.2. The third-order valence-electron chi connectivity index (χ3n) is 8.45. The Morgan fingerprint density at radius 1 is 1.10 bits per heavy atom. The molecule has 3 aliphatic heterocycles. The minimum Gasteiger partial charge on any atom is -0.493 e. The minimum atomic E-state index is -3.42. The number of nitrogens with zero attached hydrogens (tertiary/aromatic N) is 2. The maximum absolute atomic E-state index is 14.0. The van der Waals surface area contributed by atoms with Crippen molar-refractivity contribution in [1.29, 1.82) is 0 Å². The Balaban J connectivity index is 1.32. The number of anilines is 1. The fourth-order valence-corrected chi connectivity index (χ4v) is 7.45. The van der Waals surface area contributed by atoms with E-state index in [0.29, 0.717) is 45.5 Å². The standard InChI is InChI=1S/C31H41N3O6S/c1-30(2,3)40-29(36)32-25(20-22-13-18-39-27-12-8-5-9-23(27)19-22)28(35)33-16-14-31(15-17-33)21-34(41(4,37)38)26-11-7-6-10-24(26)31/h5-12,22,25H,13-21H2,1-4H3,(H,32,36)/t22-,25?/m1/s1. The van der Waals surface area contributed by atoms with Crippen LogP contribution in [-0.2, 0) is 31.4 Å². The van der Waals surface area contributed by atoms with E-state index in [-0.39, 0.29) is 17.2 Å². The lowest BCUT2D eigenvalue weighted by Gasteiger charge is -2.41. The number of para-hydroxylation sites is 2. The number of rotatable bonds is 5. The molecule has 0 radical (unpaired) electrons. The first kappa shape index (κ1) is 29.2. The molecule has 2 aromatic rings. The van der Waals surface area contributed by atoms with E-state index in [4.69, 9.17) is 9.47 Å². The predicted molar refractivity (Wildman–Crippen MR) is 158 cm³/mol. The lowest BCUT2D eigenvalue weighted by Crippen LogP contribution is -2.54. The van der Waals surface area contributed by atoms with E-state index in [0.717, 1.165) is 35.4 Å². The summed E-state index contributed by atoms with van der Waals surface area (Å²) in [7, 11) is -3.42. The van der Waals surface area contributed by atoms with Crippen molar-refractivity contribution in [3.8, 4) is 5.75 Å². The zero-order valence-electron chi connectivity index (χ0n) is 24.4. The van der Waals surface area contributed by atoms with Gasteiger partial charge >= 0.3 is 6.09 Å². The molecule has 2 atom stereocenters. The molecule has 1 N–H and O–H groups in total. The Morgan fingerprint density at radius 3 is 2.49 bits per heavy atom. The van der Waals surface area contributed by atoms with E-state index < -0.39 is 27.8 Å². The lowest BCUT2D eigenvalue weighted by molar-refractivity contribution is -0.135. The van der Waals surface area contributed by atoms with Crippen molar-refractivity contribution >= 4 is 27.7 Å². The summed E-state index contributed by atoms with van der Waals surface area (Å²) < 4.78 is 38.1. The maximum Gasteiger partial charge on any atom is 0.408 e. The van der Waals surface area contributed by atoms with Crippen LogP contribution in [0.2, 0.25) is 0 Å². The van der Waals surface area contributed by atoms with Gasteiger partial charge in [-0.15, -0.1) is 0 Å².